The highest BCUT2D eigenvalue weighted by molar-refractivity contribution is 7.15. The average molecular weight is 407 g/mol. The molecule has 148 valence electrons. The van der Waals surface area contributed by atoms with Crippen molar-refractivity contribution in [1.82, 2.24) is 29.2 Å². The number of piperazine rings is 1. The molecule has 1 fully saturated rings. The summed E-state index contributed by atoms with van der Waals surface area (Å²) in [4.78, 5) is 31.9. The molecule has 1 aliphatic heterocycles. The highest BCUT2D eigenvalue weighted by Crippen LogP contribution is 2.16. The number of hydrogen-bond donors (Lipinski definition) is 0. The third-order valence-corrected chi connectivity index (χ3v) is 6.18. The predicted molar refractivity (Wildman–Crippen MR) is 114 cm³/mol. The molecular formula is C21H22N6OS. The Balaban J connectivity index is 1.23. The number of hydrogen-bond acceptors (Lipinski definition) is 7. The van der Waals surface area contributed by atoms with Crippen LogP contribution in [0.3, 0.4) is 0 Å². The molecular weight excluding hydrogens is 384 g/mol. The van der Waals surface area contributed by atoms with Crippen molar-refractivity contribution in [3.8, 4) is 0 Å². The van der Waals surface area contributed by atoms with Gasteiger partial charge in [0.25, 0.3) is 5.56 Å². The number of nitrogens with zero attached hydrogens (tertiary/aromatic N) is 6. The van der Waals surface area contributed by atoms with Crippen molar-refractivity contribution in [3.05, 3.63) is 69.3 Å². The van der Waals surface area contributed by atoms with Crippen LogP contribution in [0.25, 0.3) is 16.0 Å². The van der Waals surface area contributed by atoms with Crippen molar-refractivity contribution < 1.29 is 0 Å². The summed E-state index contributed by atoms with van der Waals surface area (Å²) in [6.07, 6.45) is 1.77. The maximum Gasteiger partial charge on any atom is 0.258 e. The molecule has 0 atom stereocenters. The second-order valence-electron chi connectivity index (χ2n) is 7.44. The van der Waals surface area contributed by atoms with Gasteiger partial charge in [0.2, 0.25) is 0 Å². The van der Waals surface area contributed by atoms with Gasteiger partial charge < -0.3 is 0 Å². The van der Waals surface area contributed by atoms with E-state index in [9.17, 15) is 4.79 Å². The first-order chi connectivity index (χ1) is 14.2. The molecule has 5 rings (SSSR count). The van der Waals surface area contributed by atoms with E-state index in [1.807, 2.05) is 36.6 Å². The fourth-order valence-electron chi connectivity index (χ4n) is 3.79. The first kappa shape index (κ1) is 18.4. The number of fused-ring (bicyclic) bond motifs is 2. The fourth-order valence-corrected chi connectivity index (χ4v) is 4.53. The van der Waals surface area contributed by atoms with E-state index in [4.69, 9.17) is 9.97 Å². The number of thiazole rings is 1. The van der Waals surface area contributed by atoms with Gasteiger partial charge in [-0.25, -0.2) is 15.0 Å². The Morgan fingerprint density at radius 3 is 2.41 bits per heavy atom. The molecule has 0 saturated carbocycles. The van der Waals surface area contributed by atoms with E-state index in [2.05, 4.69) is 14.8 Å². The molecule has 0 radical (unpaired) electrons. The second kappa shape index (κ2) is 7.62. The number of aromatic nitrogens is 4. The van der Waals surface area contributed by atoms with Crippen LogP contribution in [0.1, 0.15) is 17.1 Å². The second-order valence-corrected chi connectivity index (χ2v) is 8.31. The normalized spacial score (nSPS) is 16.0. The molecule has 4 aromatic rings. The van der Waals surface area contributed by atoms with Crippen molar-refractivity contribution in [1.29, 1.82) is 0 Å². The minimum atomic E-state index is -0.00441. The third-order valence-electron chi connectivity index (χ3n) is 5.42. The molecule has 0 N–H and O–H groups in total. The SMILES string of the molecule is Cc1nc2ccccc2nc1CN1CCN(Cc2cc(=O)n3ccsc3n2)CC1. The molecule has 3 aromatic heterocycles. The summed E-state index contributed by atoms with van der Waals surface area (Å²) in [7, 11) is 0. The Morgan fingerprint density at radius 1 is 0.966 bits per heavy atom. The zero-order valence-electron chi connectivity index (χ0n) is 16.3. The molecule has 0 amide bonds. The summed E-state index contributed by atoms with van der Waals surface area (Å²) in [6.45, 7) is 7.40. The largest absolute Gasteiger partial charge is 0.295 e. The summed E-state index contributed by atoms with van der Waals surface area (Å²) >= 11 is 1.49. The van der Waals surface area contributed by atoms with Crippen LogP contribution >= 0.6 is 11.3 Å². The quantitative estimate of drug-likeness (QED) is 0.518. The van der Waals surface area contributed by atoms with Crippen molar-refractivity contribution >= 4 is 27.3 Å². The number of aryl methyl sites for hydroxylation is 1. The first-order valence-electron chi connectivity index (χ1n) is 9.78. The lowest BCUT2D eigenvalue weighted by molar-refractivity contribution is 0.120. The van der Waals surface area contributed by atoms with Crippen LogP contribution in [-0.4, -0.2) is 55.3 Å². The van der Waals surface area contributed by atoms with Gasteiger partial charge in [-0.2, -0.15) is 0 Å². The predicted octanol–water partition coefficient (Wildman–Crippen LogP) is 2.33. The maximum atomic E-state index is 12.2. The fraction of sp³-hybridized carbons (Fsp3) is 0.333. The van der Waals surface area contributed by atoms with E-state index < -0.39 is 0 Å². The van der Waals surface area contributed by atoms with Gasteiger partial charge in [-0.3, -0.25) is 19.0 Å². The summed E-state index contributed by atoms with van der Waals surface area (Å²) in [6, 6.07) is 9.67. The monoisotopic (exact) mass is 406 g/mol. The van der Waals surface area contributed by atoms with E-state index in [0.29, 0.717) is 6.54 Å². The van der Waals surface area contributed by atoms with E-state index in [0.717, 1.165) is 65.8 Å². The Kier molecular flexibility index (Phi) is 4.83. The van der Waals surface area contributed by atoms with Crippen LogP contribution in [0.4, 0.5) is 0 Å². The highest BCUT2D eigenvalue weighted by atomic mass is 32.1. The Bertz CT molecular complexity index is 1220. The maximum absolute atomic E-state index is 12.2. The lowest BCUT2D eigenvalue weighted by Gasteiger charge is -2.34. The molecule has 0 bridgehead atoms. The van der Waals surface area contributed by atoms with E-state index in [1.165, 1.54) is 11.3 Å². The van der Waals surface area contributed by atoms with Gasteiger partial charge in [0.05, 0.1) is 28.1 Å². The Morgan fingerprint density at radius 2 is 1.66 bits per heavy atom. The lowest BCUT2D eigenvalue weighted by Crippen LogP contribution is -2.45. The minimum absolute atomic E-state index is 0.00441. The van der Waals surface area contributed by atoms with Crippen LogP contribution in [0.2, 0.25) is 0 Å². The molecule has 1 aliphatic rings. The summed E-state index contributed by atoms with van der Waals surface area (Å²) in [5.74, 6) is 0. The van der Waals surface area contributed by atoms with Gasteiger partial charge in [0.15, 0.2) is 4.96 Å². The van der Waals surface area contributed by atoms with Gasteiger partial charge in [-0.15, -0.1) is 11.3 Å². The summed E-state index contributed by atoms with van der Waals surface area (Å²) in [5.41, 5.74) is 4.80. The van der Waals surface area contributed by atoms with Crippen molar-refractivity contribution in [3.63, 3.8) is 0 Å². The van der Waals surface area contributed by atoms with Crippen LogP contribution in [0, 0.1) is 6.92 Å². The van der Waals surface area contributed by atoms with Gasteiger partial charge in [-0.05, 0) is 19.1 Å². The summed E-state index contributed by atoms with van der Waals surface area (Å²) in [5, 5.41) is 1.89. The third kappa shape index (κ3) is 3.78. The number of para-hydroxylation sites is 2. The van der Waals surface area contributed by atoms with E-state index in [-0.39, 0.29) is 5.56 Å². The van der Waals surface area contributed by atoms with Gasteiger partial charge >= 0.3 is 0 Å². The smallest absolute Gasteiger partial charge is 0.258 e. The van der Waals surface area contributed by atoms with Gasteiger partial charge in [0.1, 0.15) is 0 Å². The van der Waals surface area contributed by atoms with Crippen molar-refractivity contribution in [2.75, 3.05) is 26.2 Å². The Labute approximate surface area is 172 Å². The van der Waals surface area contributed by atoms with Gasteiger partial charge in [0, 0.05) is 56.9 Å². The first-order valence-corrected chi connectivity index (χ1v) is 10.7. The molecule has 8 heteroatoms. The van der Waals surface area contributed by atoms with E-state index in [1.54, 1.807) is 16.7 Å². The molecule has 1 saturated heterocycles. The number of benzene rings is 1. The molecule has 0 aliphatic carbocycles. The van der Waals surface area contributed by atoms with Crippen LogP contribution in [-0.2, 0) is 13.1 Å². The van der Waals surface area contributed by atoms with Crippen molar-refractivity contribution in [2.24, 2.45) is 0 Å². The van der Waals surface area contributed by atoms with Crippen LogP contribution in [0.15, 0.2) is 46.7 Å². The Hall–Kier alpha value is -2.68. The standard InChI is InChI=1S/C21H22N6OS/c1-15-19(24-18-5-3-2-4-17(18)22-15)14-26-8-6-25(7-9-26)13-16-12-20(28)27-10-11-29-21(27)23-16/h2-5,10-12H,6-9,13-14H2,1H3. The average Bonchev–Trinajstić information content (AvgIpc) is 3.19. The molecule has 4 heterocycles. The zero-order chi connectivity index (χ0) is 19.8. The van der Waals surface area contributed by atoms with E-state index >= 15 is 0 Å². The molecule has 0 unspecified atom stereocenters. The molecule has 1 aromatic carbocycles. The zero-order valence-corrected chi connectivity index (χ0v) is 17.1. The topological polar surface area (TPSA) is 66.6 Å². The van der Waals surface area contributed by atoms with Crippen LogP contribution in [0.5, 0.6) is 0 Å². The molecule has 0 spiro atoms. The number of rotatable bonds is 4. The highest BCUT2D eigenvalue weighted by Gasteiger charge is 2.19. The lowest BCUT2D eigenvalue weighted by atomic mass is 10.2. The summed E-state index contributed by atoms with van der Waals surface area (Å²) < 4.78 is 1.60. The minimum Gasteiger partial charge on any atom is -0.295 e. The molecule has 7 nitrogen and oxygen atoms in total. The van der Waals surface area contributed by atoms with Crippen molar-refractivity contribution in [2.45, 2.75) is 20.0 Å². The van der Waals surface area contributed by atoms with Gasteiger partial charge in [-0.1, -0.05) is 12.1 Å². The molecule has 29 heavy (non-hydrogen) atoms. The van der Waals surface area contributed by atoms with Crippen LogP contribution < -0.4 is 5.56 Å².